The van der Waals surface area contributed by atoms with Crippen molar-refractivity contribution in [1.29, 1.82) is 0 Å². The maximum atomic E-state index is 5.39. The van der Waals surface area contributed by atoms with Crippen molar-refractivity contribution in [2.45, 2.75) is 32.2 Å². The van der Waals surface area contributed by atoms with Crippen LogP contribution < -0.4 is 0 Å². The zero-order valence-corrected chi connectivity index (χ0v) is 13.4. The molecule has 4 heterocycles. The molecule has 0 N–H and O–H groups in total. The van der Waals surface area contributed by atoms with Crippen molar-refractivity contribution in [1.82, 2.24) is 30.2 Å². The Bertz CT molecular complexity index is 800. The maximum absolute atomic E-state index is 5.39. The van der Waals surface area contributed by atoms with Gasteiger partial charge in [0.15, 0.2) is 5.82 Å². The minimum Gasteiger partial charge on any atom is -0.340 e. The van der Waals surface area contributed by atoms with Crippen LogP contribution in [0.1, 0.15) is 36.4 Å². The molecule has 0 radical (unpaired) electrons. The van der Waals surface area contributed by atoms with Crippen LogP contribution in [0.4, 0.5) is 0 Å². The second kappa shape index (κ2) is 6.48. The van der Waals surface area contributed by atoms with Crippen LogP contribution in [-0.4, -0.2) is 43.3 Å². The molecule has 1 atom stereocenters. The van der Waals surface area contributed by atoms with Gasteiger partial charge in [-0.05, 0) is 31.5 Å². The van der Waals surface area contributed by atoms with E-state index in [1.807, 2.05) is 19.1 Å². The topological polar surface area (TPSA) is 94.0 Å². The molecular formula is C16H18N6O2. The van der Waals surface area contributed by atoms with Crippen LogP contribution in [0.2, 0.25) is 0 Å². The Balaban J connectivity index is 1.43. The number of likely N-dealkylation sites (tertiary alicyclic amines) is 1. The molecule has 8 heteroatoms. The van der Waals surface area contributed by atoms with Gasteiger partial charge >= 0.3 is 0 Å². The van der Waals surface area contributed by atoms with E-state index in [4.69, 9.17) is 9.05 Å². The third kappa shape index (κ3) is 3.18. The summed E-state index contributed by atoms with van der Waals surface area (Å²) in [6, 6.07) is 3.77. The lowest BCUT2D eigenvalue weighted by Gasteiger charge is -2.29. The van der Waals surface area contributed by atoms with E-state index in [1.165, 1.54) is 0 Å². The van der Waals surface area contributed by atoms with Crippen molar-refractivity contribution in [3.8, 4) is 11.4 Å². The minimum absolute atomic E-state index is 0.289. The number of aromatic nitrogens is 5. The van der Waals surface area contributed by atoms with Crippen LogP contribution in [0.25, 0.3) is 11.4 Å². The number of rotatable bonds is 4. The van der Waals surface area contributed by atoms with Crippen LogP contribution in [0, 0.1) is 6.92 Å². The number of hydrogen-bond donors (Lipinski definition) is 0. The lowest BCUT2D eigenvalue weighted by atomic mass is 9.97. The third-order valence-corrected chi connectivity index (χ3v) is 4.16. The van der Waals surface area contributed by atoms with Gasteiger partial charge in [-0.2, -0.15) is 9.97 Å². The summed E-state index contributed by atoms with van der Waals surface area (Å²) in [7, 11) is 0. The van der Waals surface area contributed by atoms with Crippen LogP contribution in [-0.2, 0) is 6.54 Å². The number of pyridine rings is 1. The molecule has 0 aliphatic carbocycles. The van der Waals surface area contributed by atoms with Crippen molar-refractivity contribution in [2.24, 2.45) is 0 Å². The summed E-state index contributed by atoms with van der Waals surface area (Å²) >= 11 is 0. The predicted octanol–water partition coefficient (Wildman–Crippen LogP) is 2.20. The van der Waals surface area contributed by atoms with E-state index in [1.54, 1.807) is 12.4 Å². The predicted molar refractivity (Wildman–Crippen MR) is 83.8 cm³/mol. The van der Waals surface area contributed by atoms with Gasteiger partial charge in [-0.1, -0.05) is 10.3 Å². The smallest absolute Gasteiger partial charge is 0.241 e. The molecule has 8 nitrogen and oxygen atoms in total. The Morgan fingerprint density at radius 3 is 3.00 bits per heavy atom. The van der Waals surface area contributed by atoms with Crippen LogP contribution >= 0.6 is 0 Å². The summed E-state index contributed by atoms with van der Waals surface area (Å²) in [6.07, 6.45) is 5.60. The molecule has 0 saturated carbocycles. The lowest BCUT2D eigenvalue weighted by Crippen LogP contribution is -2.34. The van der Waals surface area contributed by atoms with E-state index in [0.29, 0.717) is 24.2 Å². The number of aryl methyl sites for hydroxylation is 1. The van der Waals surface area contributed by atoms with Gasteiger partial charge in [-0.3, -0.25) is 9.88 Å². The molecule has 0 bridgehead atoms. The van der Waals surface area contributed by atoms with Crippen molar-refractivity contribution >= 4 is 0 Å². The average molecular weight is 326 g/mol. The largest absolute Gasteiger partial charge is 0.340 e. The molecule has 0 aromatic carbocycles. The Morgan fingerprint density at radius 1 is 1.25 bits per heavy atom. The lowest BCUT2D eigenvalue weighted by molar-refractivity contribution is 0.173. The van der Waals surface area contributed by atoms with Gasteiger partial charge in [0.05, 0.1) is 6.54 Å². The fourth-order valence-corrected chi connectivity index (χ4v) is 3.01. The summed E-state index contributed by atoms with van der Waals surface area (Å²) < 4.78 is 10.5. The Kier molecular flexibility index (Phi) is 4.04. The van der Waals surface area contributed by atoms with Gasteiger partial charge in [0.1, 0.15) is 0 Å². The maximum Gasteiger partial charge on any atom is 0.241 e. The highest BCUT2D eigenvalue weighted by atomic mass is 16.5. The zero-order valence-electron chi connectivity index (χ0n) is 13.4. The third-order valence-electron chi connectivity index (χ3n) is 4.16. The highest BCUT2D eigenvalue weighted by Crippen LogP contribution is 2.26. The monoisotopic (exact) mass is 326 g/mol. The summed E-state index contributed by atoms with van der Waals surface area (Å²) in [5.41, 5.74) is 0.853. The highest BCUT2D eigenvalue weighted by Gasteiger charge is 2.26. The molecule has 1 saturated heterocycles. The van der Waals surface area contributed by atoms with Gasteiger partial charge < -0.3 is 9.05 Å². The van der Waals surface area contributed by atoms with E-state index in [0.717, 1.165) is 37.3 Å². The van der Waals surface area contributed by atoms with Gasteiger partial charge in [0.2, 0.25) is 17.6 Å². The van der Waals surface area contributed by atoms with Gasteiger partial charge in [0, 0.05) is 37.3 Å². The Hall–Kier alpha value is -2.61. The van der Waals surface area contributed by atoms with Crippen molar-refractivity contribution in [3.63, 3.8) is 0 Å². The second-order valence-electron chi connectivity index (χ2n) is 6.00. The van der Waals surface area contributed by atoms with Gasteiger partial charge in [-0.25, -0.2) is 0 Å². The summed E-state index contributed by atoms with van der Waals surface area (Å²) in [5.74, 6) is 2.87. The van der Waals surface area contributed by atoms with E-state index in [-0.39, 0.29) is 5.92 Å². The molecule has 3 aromatic rings. The SMILES string of the molecule is Cc1nc(C2CCCN(Cc3nc(-c4cccnc4)no3)C2)no1. The Labute approximate surface area is 138 Å². The Morgan fingerprint density at radius 2 is 2.21 bits per heavy atom. The fraction of sp³-hybridized carbons (Fsp3) is 0.438. The first kappa shape index (κ1) is 14.9. The van der Waals surface area contributed by atoms with E-state index < -0.39 is 0 Å². The van der Waals surface area contributed by atoms with Gasteiger partial charge in [-0.15, -0.1) is 0 Å². The first-order chi connectivity index (χ1) is 11.8. The van der Waals surface area contributed by atoms with Crippen molar-refractivity contribution < 1.29 is 9.05 Å². The van der Waals surface area contributed by atoms with Crippen LogP contribution in [0.5, 0.6) is 0 Å². The summed E-state index contributed by atoms with van der Waals surface area (Å²) in [4.78, 5) is 15.2. The quantitative estimate of drug-likeness (QED) is 0.720. The number of hydrogen-bond acceptors (Lipinski definition) is 8. The molecule has 1 aliphatic rings. The normalized spacial score (nSPS) is 18.8. The van der Waals surface area contributed by atoms with E-state index in [9.17, 15) is 0 Å². The molecule has 4 rings (SSSR count). The van der Waals surface area contributed by atoms with Crippen LogP contribution in [0.3, 0.4) is 0 Å². The molecular weight excluding hydrogens is 308 g/mol. The standard InChI is InChI=1S/C16H18N6O2/c1-11-18-16(20-23-11)13-5-3-7-22(9-13)10-14-19-15(21-24-14)12-4-2-6-17-8-12/h2,4,6,8,13H,3,5,7,9-10H2,1H3. The molecule has 0 amide bonds. The molecule has 1 aliphatic heterocycles. The van der Waals surface area contributed by atoms with Crippen molar-refractivity contribution in [3.05, 3.63) is 42.1 Å². The second-order valence-corrected chi connectivity index (χ2v) is 6.00. The molecule has 24 heavy (non-hydrogen) atoms. The number of nitrogens with zero attached hydrogens (tertiary/aromatic N) is 6. The molecule has 124 valence electrons. The minimum atomic E-state index is 0.289. The first-order valence-corrected chi connectivity index (χ1v) is 8.03. The molecule has 1 unspecified atom stereocenters. The van der Waals surface area contributed by atoms with E-state index >= 15 is 0 Å². The number of piperidine rings is 1. The fourth-order valence-electron chi connectivity index (χ4n) is 3.01. The average Bonchev–Trinajstić information content (AvgIpc) is 3.25. The molecule has 0 spiro atoms. The van der Waals surface area contributed by atoms with Crippen molar-refractivity contribution in [2.75, 3.05) is 13.1 Å². The molecule has 3 aromatic heterocycles. The molecule has 1 fully saturated rings. The zero-order chi connectivity index (χ0) is 16.4. The highest BCUT2D eigenvalue weighted by molar-refractivity contribution is 5.51. The summed E-state index contributed by atoms with van der Waals surface area (Å²) in [6.45, 7) is 4.30. The van der Waals surface area contributed by atoms with E-state index in [2.05, 4.69) is 30.2 Å². The first-order valence-electron chi connectivity index (χ1n) is 8.03. The van der Waals surface area contributed by atoms with Gasteiger partial charge in [0.25, 0.3) is 0 Å². The summed E-state index contributed by atoms with van der Waals surface area (Å²) in [5, 5.41) is 8.09. The van der Waals surface area contributed by atoms with Crippen LogP contribution in [0.15, 0.2) is 33.6 Å².